The molecule has 4 nitrogen and oxygen atoms in total. The lowest BCUT2D eigenvalue weighted by atomic mass is 10.1. The van der Waals surface area contributed by atoms with E-state index >= 15 is 0 Å². The van der Waals surface area contributed by atoms with Crippen LogP contribution in [0.15, 0.2) is 24.3 Å². The second-order valence-corrected chi connectivity index (χ2v) is 7.41. The van der Waals surface area contributed by atoms with E-state index in [-0.39, 0.29) is 24.3 Å². The molecular weight excluding hydrogens is 578 g/mol. The van der Waals surface area contributed by atoms with Crippen LogP contribution >= 0.6 is 0 Å². The number of nitrogens with two attached hydrogens (primary N) is 2. The Morgan fingerprint density at radius 2 is 0.846 bits per heavy atom. The number of halogens is 14. The van der Waals surface area contributed by atoms with Crippen LogP contribution < -0.4 is 20.9 Å². The standard InChI is InChI=1S/C21H8F14N2O2/c22-6-1-5(38-17-13(20(30,31)32)7(23)3-9(36)15(17)25)2-11(12(6)19(27,28)29)39-18-14(21(33,34)35)8(24)4-10(37)16(18)26/h1-4H,36-37H2. The molecule has 3 rings (SSSR count). The Balaban J connectivity index is 2.31. The average molecular weight is 586 g/mol. The quantitative estimate of drug-likeness (QED) is 0.239. The first-order valence-corrected chi connectivity index (χ1v) is 9.60. The third kappa shape index (κ3) is 5.68. The van der Waals surface area contributed by atoms with Crippen molar-refractivity contribution in [1.29, 1.82) is 0 Å². The number of hydrogen-bond donors (Lipinski definition) is 2. The predicted molar refractivity (Wildman–Crippen MR) is 103 cm³/mol. The first kappa shape index (κ1) is 29.4. The predicted octanol–water partition coefficient (Wildman–Crippen LogP) is 8.19. The van der Waals surface area contributed by atoms with E-state index in [1.54, 1.807) is 0 Å². The molecule has 0 aliphatic heterocycles. The van der Waals surface area contributed by atoms with E-state index in [1.165, 1.54) is 0 Å². The highest BCUT2D eigenvalue weighted by atomic mass is 19.4. The molecule has 18 heteroatoms. The Kier molecular flexibility index (Phi) is 7.22. The van der Waals surface area contributed by atoms with E-state index in [4.69, 9.17) is 11.5 Å². The zero-order chi connectivity index (χ0) is 29.8. The van der Waals surface area contributed by atoms with Gasteiger partial charge in [0.05, 0.1) is 11.4 Å². The van der Waals surface area contributed by atoms with Crippen molar-refractivity contribution in [3.63, 3.8) is 0 Å². The summed E-state index contributed by atoms with van der Waals surface area (Å²) in [5.41, 5.74) is -0.357. The summed E-state index contributed by atoms with van der Waals surface area (Å²) in [5.74, 6) is -19.5. The van der Waals surface area contributed by atoms with Crippen LogP contribution in [-0.2, 0) is 18.5 Å². The first-order chi connectivity index (χ1) is 17.6. The summed E-state index contributed by atoms with van der Waals surface area (Å²) < 4.78 is 200. The van der Waals surface area contributed by atoms with Crippen LogP contribution in [0.25, 0.3) is 0 Å². The molecule has 3 aromatic rings. The molecule has 0 radical (unpaired) electrons. The normalized spacial score (nSPS) is 12.6. The van der Waals surface area contributed by atoms with Crippen molar-refractivity contribution >= 4 is 11.4 Å². The molecule has 0 fully saturated rings. The minimum absolute atomic E-state index is 0.122. The van der Waals surface area contributed by atoms with Gasteiger partial charge in [-0.05, 0) is 0 Å². The zero-order valence-corrected chi connectivity index (χ0v) is 18.1. The summed E-state index contributed by atoms with van der Waals surface area (Å²) in [6.45, 7) is 0. The molecule has 0 aliphatic carbocycles. The molecule has 0 unspecified atom stereocenters. The van der Waals surface area contributed by atoms with Gasteiger partial charge in [-0.1, -0.05) is 0 Å². The van der Waals surface area contributed by atoms with Gasteiger partial charge in [-0.25, -0.2) is 22.0 Å². The molecular formula is C21H8F14N2O2. The van der Waals surface area contributed by atoms with E-state index < -0.39 is 98.7 Å². The molecule has 4 N–H and O–H groups in total. The number of hydrogen-bond acceptors (Lipinski definition) is 4. The zero-order valence-electron chi connectivity index (χ0n) is 18.1. The van der Waals surface area contributed by atoms with Crippen LogP contribution in [0.1, 0.15) is 16.7 Å². The maximum absolute atomic E-state index is 14.5. The molecule has 0 atom stereocenters. The maximum atomic E-state index is 14.5. The van der Waals surface area contributed by atoms with Crippen molar-refractivity contribution in [3.05, 3.63) is 70.0 Å². The van der Waals surface area contributed by atoms with Crippen LogP contribution in [0.2, 0.25) is 0 Å². The molecule has 0 spiro atoms. The van der Waals surface area contributed by atoms with Gasteiger partial charge >= 0.3 is 18.5 Å². The van der Waals surface area contributed by atoms with Gasteiger partial charge in [0, 0.05) is 24.3 Å². The Hall–Kier alpha value is -4.12. The van der Waals surface area contributed by atoms with E-state index in [1.807, 2.05) is 0 Å². The number of alkyl halides is 9. The molecule has 0 amide bonds. The van der Waals surface area contributed by atoms with Crippen molar-refractivity contribution in [2.45, 2.75) is 18.5 Å². The topological polar surface area (TPSA) is 70.5 Å². The van der Waals surface area contributed by atoms with Gasteiger partial charge in [0.15, 0.2) is 23.1 Å². The molecule has 0 aliphatic rings. The van der Waals surface area contributed by atoms with Crippen molar-refractivity contribution in [2.75, 3.05) is 11.5 Å². The maximum Gasteiger partial charge on any atom is 0.422 e. The molecule has 39 heavy (non-hydrogen) atoms. The highest BCUT2D eigenvalue weighted by Gasteiger charge is 2.44. The fourth-order valence-corrected chi connectivity index (χ4v) is 3.16. The van der Waals surface area contributed by atoms with Crippen LogP contribution in [0.3, 0.4) is 0 Å². The van der Waals surface area contributed by atoms with Crippen LogP contribution in [0.4, 0.5) is 72.8 Å². The van der Waals surface area contributed by atoms with Gasteiger partial charge < -0.3 is 20.9 Å². The number of benzene rings is 3. The van der Waals surface area contributed by atoms with Gasteiger partial charge in [-0.3, -0.25) is 0 Å². The highest BCUT2D eigenvalue weighted by molar-refractivity contribution is 5.57. The lowest BCUT2D eigenvalue weighted by molar-refractivity contribution is -0.142. The summed E-state index contributed by atoms with van der Waals surface area (Å²) in [6.07, 6.45) is -17.4. The van der Waals surface area contributed by atoms with Crippen LogP contribution in [0.5, 0.6) is 23.0 Å². The monoisotopic (exact) mass is 586 g/mol. The third-order valence-electron chi connectivity index (χ3n) is 4.71. The first-order valence-electron chi connectivity index (χ1n) is 9.60. The van der Waals surface area contributed by atoms with Gasteiger partial charge in [0.25, 0.3) is 0 Å². The summed E-state index contributed by atoms with van der Waals surface area (Å²) >= 11 is 0. The van der Waals surface area contributed by atoms with Crippen molar-refractivity contribution < 1.29 is 70.9 Å². The smallest absolute Gasteiger partial charge is 0.422 e. The number of rotatable bonds is 4. The summed E-state index contributed by atoms with van der Waals surface area (Å²) in [6, 6.07) is -0.876. The van der Waals surface area contributed by atoms with E-state index in [9.17, 15) is 61.5 Å². The number of nitrogen functional groups attached to an aromatic ring is 2. The van der Waals surface area contributed by atoms with Gasteiger partial charge in [-0.15, -0.1) is 0 Å². The SMILES string of the molecule is Nc1cc(F)c(C(F)(F)F)c(Oc2cc(F)c(C(F)(F)F)c(Oc3c(F)c(N)cc(F)c3C(F)(F)F)c2)c1F. The Morgan fingerprint density at radius 3 is 1.23 bits per heavy atom. The minimum atomic E-state index is -5.84. The Labute approximate surface area is 206 Å². The van der Waals surface area contributed by atoms with Crippen molar-refractivity contribution in [3.8, 4) is 23.0 Å². The lowest BCUT2D eigenvalue weighted by Crippen LogP contribution is -2.15. The number of ether oxygens (including phenoxy) is 2. The summed E-state index contributed by atoms with van der Waals surface area (Å²) in [4.78, 5) is 0. The fourth-order valence-electron chi connectivity index (χ4n) is 3.16. The molecule has 0 saturated heterocycles. The van der Waals surface area contributed by atoms with E-state index in [0.717, 1.165) is 0 Å². The van der Waals surface area contributed by atoms with Crippen LogP contribution in [0, 0.1) is 29.1 Å². The van der Waals surface area contributed by atoms with Crippen LogP contribution in [-0.4, -0.2) is 0 Å². The molecule has 0 bridgehead atoms. The Bertz CT molecular complexity index is 1450. The van der Waals surface area contributed by atoms with Gasteiger partial charge in [0.2, 0.25) is 0 Å². The second kappa shape index (κ2) is 9.57. The molecule has 0 aromatic heterocycles. The fraction of sp³-hybridized carbons (Fsp3) is 0.143. The van der Waals surface area contributed by atoms with Crippen molar-refractivity contribution in [2.24, 2.45) is 0 Å². The molecule has 3 aromatic carbocycles. The summed E-state index contributed by atoms with van der Waals surface area (Å²) in [5, 5.41) is 0. The second-order valence-electron chi connectivity index (χ2n) is 7.41. The molecule has 0 heterocycles. The van der Waals surface area contributed by atoms with Gasteiger partial charge in [-0.2, -0.15) is 39.5 Å². The van der Waals surface area contributed by atoms with Gasteiger partial charge in [0.1, 0.15) is 45.6 Å². The lowest BCUT2D eigenvalue weighted by Gasteiger charge is -2.21. The van der Waals surface area contributed by atoms with E-state index in [2.05, 4.69) is 9.47 Å². The highest BCUT2D eigenvalue weighted by Crippen LogP contribution is 2.49. The molecule has 212 valence electrons. The molecule has 0 saturated carbocycles. The summed E-state index contributed by atoms with van der Waals surface area (Å²) in [7, 11) is 0. The average Bonchev–Trinajstić information content (AvgIpc) is 2.72. The number of anilines is 2. The van der Waals surface area contributed by atoms with E-state index in [0.29, 0.717) is 0 Å². The minimum Gasteiger partial charge on any atom is -0.453 e. The third-order valence-corrected chi connectivity index (χ3v) is 4.71. The van der Waals surface area contributed by atoms with Crippen molar-refractivity contribution in [1.82, 2.24) is 0 Å². The Morgan fingerprint density at radius 1 is 0.487 bits per heavy atom. The largest absolute Gasteiger partial charge is 0.453 e.